The lowest BCUT2D eigenvalue weighted by Gasteiger charge is -2.39. The Bertz CT molecular complexity index is 1090. The summed E-state index contributed by atoms with van der Waals surface area (Å²) in [4.78, 5) is 43.6. The molecule has 1 aromatic rings. The Labute approximate surface area is 218 Å². The van der Waals surface area contributed by atoms with Crippen LogP contribution in [0.15, 0.2) is 36.4 Å². The number of benzene rings is 1. The normalized spacial score (nSPS) is 33.4. The number of ether oxygens (including phenoxy) is 2. The van der Waals surface area contributed by atoms with E-state index in [1.165, 1.54) is 6.42 Å². The lowest BCUT2D eigenvalue weighted by Crippen LogP contribution is -2.58. The summed E-state index contributed by atoms with van der Waals surface area (Å²) in [5.74, 6) is -1.28. The molecule has 2 bridgehead atoms. The predicted octanol–water partition coefficient (Wildman–Crippen LogP) is 3.57. The summed E-state index contributed by atoms with van der Waals surface area (Å²) in [6, 6.07) is 6.56. The molecular weight excluding hydrogens is 470 g/mol. The third-order valence-electron chi connectivity index (χ3n) is 9.12. The first-order valence-corrected chi connectivity index (χ1v) is 14.0. The van der Waals surface area contributed by atoms with E-state index in [0.717, 1.165) is 57.8 Å². The maximum atomic E-state index is 14.2. The van der Waals surface area contributed by atoms with E-state index in [1.807, 2.05) is 29.2 Å². The first kappa shape index (κ1) is 24.5. The molecule has 0 aromatic heterocycles. The van der Waals surface area contributed by atoms with Crippen molar-refractivity contribution in [1.29, 1.82) is 0 Å². The topological polar surface area (TPSA) is 97.0 Å². The molecule has 2 aliphatic carbocycles. The van der Waals surface area contributed by atoms with Gasteiger partial charge in [0.1, 0.15) is 17.4 Å². The van der Waals surface area contributed by atoms with Gasteiger partial charge in [0.2, 0.25) is 17.7 Å². The van der Waals surface area contributed by atoms with Crippen LogP contribution in [0.1, 0.15) is 64.2 Å². The molecule has 198 valence electrons. The summed E-state index contributed by atoms with van der Waals surface area (Å²) in [6.45, 7) is 0. The minimum absolute atomic E-state index is 0.00137. The van der Waals surface area contributed by atoms with E-state index in [2.05, 4.69) is 10.6 Å². The van der Waals surface area contributed by atoms with E-state index < -0.39 is 29.6 Å². The molecule has 0 radical (unpaired) electrons. The van der Waals surface area contributed by atoms with Crippen molar-refractivity contribution in [2.75, 3.05) is 12.4 Å². The quantitative estimate of drug-likeness (QED) is 0.574. The standard InChI is InChI=1S/C29H37N3O5/c1-36-21-14-8-11-19(17-21)31-26(33)23-22-15-16-29(37-22)24(23)28(35)32(20-12-6-3-7-13-20)25(29)27(34)30-18-9-4-2-5-10-18/h8,11,14-18,20,22-25H,2-7,9-10,12-13H2,1H3,(H,30,34)(H,31,33). The van der Waals surface area contributed by atoms with Gasteiger partial charge in [-0.05, 0) is 37.8 Å². The summed E-state index contributed by atoms with van der Waals surface area (Å²) in [5, 5.41) is 6.25. The fourth-order valence-corrected chi connectivity index (χ4v) is 7.41. The highest BCUT2D eigenvalue weighted by Crippen LogP contribution is 2.56. The van der Waals surface area contributed by atoms with Crippen molar-refractivity contribution in [3.63, 3.8) is 0 Å². The minimum Gasteiger partial charge on any atom is -0.497 e. The highest BCUT2D eigenvalue weighted by atomic mass is 16.5. The van der Waals surface area contributed by atoms with E-state index in [9.17, 15) is 14.4 Å². The Morgan fingerprint density at radius 1 is 1.03 bits per heavy atom. The van der Waals surface area contributed by atoms with Gasteiger partial charge in [-0.2, -0.15) is 0 Å². The molecular formula is C29H37N3O5. The number of carbonyl (C=O) groups is 3. The molecule has 2 saturated carbocycles. The number of amides is 3. The highest BCUT2D eigenvalue weighted by molar-refractivity contribution is 6.03. The first-order valence-electron chi connectivity index (χ1n) is 14.0. The largest absolute Gasteiger partial charge is 0.497 e. The average Bonchev–Trinajstić information content (AvgIpc) is 3.57. The number of carbonyl (C=O) groups excluding carboxylic acids is 3. The van der Waals surface area contributed by atoms with Crippen molar-refractivity contribution in [3.8, 4) is 5.75 Å². The van der Waals surface area contributed by atoms with Crippen LogP contribution in [-0.4, -0.2) is 59.6 Å². The lowest BCUT2D eigenvalue weighted by molar-refractivity contribution is -0.144. The second-order valence-corrected chi connectivity index (χ2v) is 11.3. The molecule has 5 aliphatic rings. The molecule has 3 amide bonds. The van der Waals surface area contributed by atoms with Gasteiger partial charge in [0.25, 0.3) is 0 Å². The number of hydrogen-bond acceptors (Lipinski definition) is 5. The van der Waals surface area contributed by atoms with Crippen LogP contribution in [0.25, 0.3) is 0 Å². The van der Waals surface area contributed by atoms with Crippen molar-refractivity contribution in [2.45, 2.75) is 94.0 Å². The zero-order valence-corrected chi connectivity index (χ0v) is 21.5. The third-order valence-corrected chi connectivity index (χ3v) is 9.12. The molecule has 5 unspecified atom stereocenters. The van der Waals surface area contributed by atoms with Crippen LogP contribution in [0.5, 0.6) is 5.75 Å². The first-order chi connectivity index (χ1) is 18.0. The number of nitrogens with one attached hydrogen (secondary N) is 2. The van der Waals surface area contributed by atoms with Gasteiger partial charge in [-0.1, -0.05) is 56.7 Å². The van der Waals surface area contributed by atoms with Crippen molar-refractivity contribution >= 4 is 23.4 Å². The molecule has 2 saturated heterocycles. The summed E-state index contributed by atoms with van der Waals surface area (Å²) >= 11 is 0. The Balaban J connectivity index is 1.31. The smallest absolute Gasteiger partial charge is 0.246 e. The van der Waals surface area contributed by atoms with Crippen molar-refractivity contribution in [1.82, 2.24) is 10.2 Å². The van der Waals surface area contributed by atoms with Gasteiger partial charge in [0, 0.05) is 23.8 Å². The van der Waals surface area contributed by atoms with Crippen LogP contribution in [0, 0.1) is 11.8 Å². The maximum absolute atomic E-state index is 14.2. The molecule has 5 atom stereocenters. The van der Waals surface area contributed by atoms with E-state index in [-0.39, 0.29) is 29.8 Å². The fraction of sp³-hybridized carbons (Fsp3) is 0.621. The van der Waals surface area contributed by atoms with Crippen molar-refractivity contribution in [2.24, 2.45) is 11.8 Å². The summed E-state index contributed by atoms with van der Waals surface area (Å²) in [6.07, 6.45) is 13.6. The van der Waals surface area contributed by atoms with E-state index >= 15 is 0 Å². The predicted molar refractivity (Wildman–Crippen MR) is 138 cm³/mol. The van der Waals surface area contributed by atoms with Crippen LogP contribution in [0.2, 0.25) is 0 Å². The third kappa shape index (κ3) is 4.13. The molecule has 3 aliphatic heterocycles. The Morgan fingerprint density at radius 2 is 1.76 bits per heavy atom. The van der Waals surface area contributed by atoms with Crippen LogP contribution >= 0.6 is 0 Å². The van der Waals surface area contributed by atoms with Gasteiger partial charge in [0.05, 0.1) is 25.0 Å². The molecule has 2 N–H and O–H groups in total. The molecule has 1 aromatic carbocycles. The highest BCUT2D eigenvalue weighted by Gasteiger charge is 2.73. The summed E-state index contributed by atoms with van der Waals surface area (Å²) in [7, 11) is 1.58. The van der Waals surface area contributed by atoms with Crippen LogP contribution in [0.3, 0.4) is 0 Å². The molecule has 3 heterocycles. The van der Waals surface area contributed by atoms with E-state index in [4.69, 9.17) is 9.47 Å². The molecule has 37 heavy (non-hydrogen) atoms. The maximum Gasteiger partial charge on any atom is 0.246 e. The molecule has 8 heteroatoms. The number of fused-ring (bicyclic) bond motifs is 1. The molecule has 4 fully saturated rings. The average molecular weight is 508 g/mol. The SMILES string of the molecule is COc1cccc(NC(=O)C2C3C=CC4(O3)C2C(=O)N(C2CCCCC2)C4C(=O)NC2CCCCC2)c1. The Hall–Kier alpha value is -2.87. The van der Waals surface area contributed by atoms with Gasteiger partial charge in [-0.15, -0.1) is 0 Å². The number of rotatable bonds is 6. The minimum atomic E-state index is -1.10. The molecule has 1 spiro atoms. The van der Waals surface area contributed by atoms with Crippen molar-refractivity contribution < 1.29 is 23.9 Å². The molecule has 6 rings (SSSR count). The van der Waals surface area contributed by atoms with Crippen LogP contribution in [0.4, 0.5) is 5.69 Å². The van der Waals surface area contributed by atoms with Crippen molar-refractivity contribution in [3.05, 3.63) is 36.4 Å². The zero-order chi connectivity index (χ0) is 25.6. The van der Waals surface area contributed by atoms with Gasteiger partial charge in [0.15, 0.2) is 0 Å². The Morgan fingerprint density at radius 3 is 2.49 bits per heavy atom. The zero-order valence-electron chi connectivity index (χ0n) is 21.5. The van der Waals surface area contributed by atoms with Crippen LogP contribution in [-0.2, 0) is 19.1 Å². The monoisotopic (exact) mass is 507 g/mol. The van der Waals surface area contributed by atoms with Gasteiger partial charge >= 0.3 is 0 Å². The molecule has 8 nitrogen and oxygen atoms in total. The van der Waals surface area contributed by atoms with Gasteiger partial charge < -0.3 is 25.0 Å². The second-order valence-electron chi connectivity index (χ2n) is 11.3. The summed E-state index contributed by atoms with van der Waals surface area (Å²) < 4.78 is 11.8. The number of methoxy groups -OCH3 is 1. The number of hydrogen-bond donors (Lipinski definition) is 2. The van der Waals surface area contributed by atoms with E-state index in [1.54, 1.807) is 19.2 Å². The second kappa shape index (κ2) is 9.78. The number of anilines is 1. The fourth-order valence-electron chi connectivity index (χ4n) is 7.41. The number of nitrogens with zero attached hydrogens (tertiary/aromatic N) is 1. The summed E-state index contributed by atoms with van der Waals surface area (Å²) in [5.41, 5.74) is -0.500. The van der Waals surface area contributed by atoms with Crippen LogP contribution < -0.4 is 15.4 Å². The van der Waals surface area contributed by atoms with Gasteiger partial charge in [-0.25, -0.2) is 0 Å². The number of likely N-dealkylation sites (tertiary alicyclic amines) is 1. The lowest BCUT2D eigenvalue weighted by atomic mass is 9.74. The van der Waals surface area contributed by atoms with Gasteiger partial charge in [-0.3, -0.25) is 14.4 Å². The van der Waals surface area contributed by atoms with E-state index in [0.29, 0.717) is 11.4 Å². The Kier molecular flexibility index (Phi) is 6.47.